The van der Waals surface area contributed by atoms with E-state index in [1.165, 1.54) is 6.42 Å². The average Bonchev–Trinajstić information content (AvgIpc) is 2.75. The standard InChI is InChI=1S/C18H30N2O2/c1-17-8-7-15(22)20-14(17)6-3-10-11-4-5-13(19)18(11,2)9-12(21)16(10)17/h10-14,16,21H,3-9,19H2,1-2H3,(H,20,22)/t10?,11?,12-,13?,14?,16?,17?,18?/m0/s1. The molecule has 4 heteroatoms. The zero-order valence-corrected chi connectivity index (χ0v) is 13.8. The number of aliphatic hydroxyl groups is 1. The van der Waals surface area contributed by atoms with Gasteiger partial charge in [-0.15, -0.1) is 0 Å². The Kier molecular flexibility index (Phi) is 3.19. The minimum absolute atomic E-state index is 0.0598. The van der Waals surface area contributed by atoms with E-state index in [0.29, 0.717) is 24.2 Å². The van der Waals surface area contributed by atoms with Crippen LogP contribution in [0.15, 0.2) is 0 Å². The predicted molar refractivity (Wildman–Crippen MR) is 84.9 cm³/mol. The zero-order valence-electron chi connectivity index (χ0n) is 13.8. The summed E-state index contributed by atoms with van der Waals surface area (Å²) in [7, 11) is 0. The van der Waals surface area contributed by atoms with Gasteiger partial charge in [0.2, 0.25) is 5.91 Å². The maximum Gasteiger partial charge on any atom is 0.220 e. The number of fused-ring (bicyclic) bond motifs is 5. The summed E-state index contributed by atoms with van der Waals surface area (Å²) in [6, 6.07) is 0.494. The SMILES string of the molecule is CC12C[C@H](O)C3C(CCC4NC(=O)CCC43C)C1CCC2N. The van der Waals surface area contributed by atoms with Crippen LogP contribution in [0.2, 0.25) is 0 Å². The van der Waals surface area contributed by atoms with Crippen molar-refractivity contribution in [3.63, 3.8) is 0 Å². The number of piperidine rings is 1. The van der Waals surface area contributed by atoms with E-state index in [4.69, 9.17) is 5.73 Å². The molecule has 1 saturated heterocycles. The van der Waals surface area contributed by atoms with Crippen molar-refractivity contribution in [3.8, 4) is 0 Å². The van der Waals surface area contributed by atoms with Gasteiger partial charge in [0.05, 0.1) is 6.10 Å². The number of nitrogens with two attached hydrogens (primary N) is 1. The van der Waals surface area contributed by atoms with Crippen molar-refractivity contribution in [3.05, 3.63) is 0 Å². The van der Waals surface area contributed by atoms with E-state index in [2.05, 4.69) is 19.2 Å². The second kappa shape index (κ2) is 4.70. The maximum absolute atomic E-state index is 11.8. The van der Waals surface area contributed by atoms with Gasteiger partial charge in [-0.25, -0.2) is 0 Å². The largest absolute Gasteiger partial charge is 0.393 e. The van der Waals surface area contributed by atoms with E-state index in [1.54, 1.807) is 0 Å². The summed E-state index contributed by atoms with van der Waals surface area (Å²) >= 11 is 0. The first-order valence-corrected chi connectivity index (χ1v) is 9.09. The zero-order chi connectivity index (χ0) is 15.7. The Balaban J connectivity index is 1.69. The Bertz CT molecular complexity index is 495. The van der Waals surface area contributed by atoms with Gasteiger partial charge < -0.3 is 16.2 Å². The molecule has 124 valence electrons. The molecule has 3 saturated carbocycles. The number of rotatable bonds is 0. The molecule has 3 aliphatic carbocycles. The van der Waals surface area contributed by atoms with Crippen LogP contribution in [0.3, 0.4) is 0 Å². The van der Waals surface area contributed by atoms with Crippen LogP contribution in [-0.2, 0) is 4.79 Å². The number of hydrogen-bond donors (Lipinski definition) is 3. The molecule has 4 aliphatic rings. The topological polar surface area (TPSA) is 75.3 Å². The summed E-state index contributed by atoms with van der Waals surface area (Å²) in [5.41, 5.74) is 6.60. The summed E-state index contributed by atoms with van der Waals surface area (Å²) in [5, 5.41) is 14.3. The number of carbonyl (C=O) groups is 1. The lowest BCUT2D eigenvalue weighted by Crippen LogP contribution is -2.65. The lowest BCUT2D eigenvalue weighted by Gasteiger charge is -2.61. The van der Waals surface area contributed by atoms with Crippen molar-refractivity contribution in [2.45, 2.75) is 77.0 Å². The highest BCUT2D eigenvalue weighted by Gasteiger charge is 2.62. The van der Waals surface area contributed by atoms with Crippen LogP contribution in [0, 0.1) is 28.6 Å². The van der Waals surface area contributed by atoms with Gasteiger partial charge in [0, 0.05) is 18.5 Å². The van der Waals surface area contributed by atoms with Gasteiger partial charge >= 0.3 is 0 Å². The molecule has 4 fully saturated rings. The molecule has 0 spiro atoms. The molecule has 1 aliphatic heterocycles. The summed E-state index contributed by atoms with van der Waals surface area (Å²) in [6.45, 7) is 4.63. The number of aliphatic hydroxyl groups excluding tert-OH is 1. The number of amides is 1. The Morgan fingerprint density at radius 1 is 1.18 bits per heavy atom. The van der Waals surface area contributed by atoms with Gasteiger partial charge in [0.15, 0.2) is 0 Å². The van der Waals surface area contributed by atoms with Crippen LogP contribution in [0.25, 0.3) is 0 Å². The van der Waals surface area contributed by atoms with Gasteiger partial charge in [-0.05, 0) is 67.1 Å². The second-order valence-electron chi connectivity index (χ2n) is 8.96. The van der Waals surface area contributed by atoms with Crippen LogP contribution in [0.4, 0.5) is 0 Å². The van der Waals surface area contributed by atoms with Crippen molar-refractivity contribution in [2.24, 2.45) is 34.3 Å². The van der Waals surface area contributed by atoms with Crippen molar-refractivity contribution in [1.29, 1.82) is 0 Å². The first-order chi connectivity index (χ1) is 10.4. The van der Waals surface area contributed by atoms with Gasteiger partial charge in [0.25, 0.3) is 0 Å². The smallest absolute Gasteiger partial charge is 0.220 e. The fourth-order valence-corrected chi connectivity index (χ4v) is 6.87. The Labute approximate surface area is 133 Å². The lowest BCUT2D eigenvalue weighted by atomic mass is 9.46. The number of hydrogen-bond acceptors (Lipinski definition) is 3. The first-order valence-electron chi connectivity index (χ1n) is 9.09. The minimum atomic E-state index is -0.266. The Morgan fingerprint density at radius 2 is 1.95 bits per heavy atom. The number of nitrogens with one attached hydrogen (secondary N) is 1. The second-order valence-corrected chi connectivity index (χ2v) is 8.96. The third kappa shape index (κ3) is 1.80. The molecule has 7 unspecified atom stereocenters. The lowest BCUT2D eigenvalue weighted by molar-refractivity contribution is -0.160. The van der Waals surface area contributed by atoms with E-state index in [-0.39, 0.29) is 34.9 Å². The minimum Gasteiger partial charge on any atom is -0.393 e. The highest BCUT2D eigenvalue weighted by atomic mass is 16.3. The van der Waals surface area contributed by atoms with E-state index in [9.17, 15) is 9.90 Å². The van der Waals surface area contributed by atoms with Gasteiger partial charge in [-0.2, -0.15) is 0 Å². The molecule has 0 bridgehead atoms. The number of carbonyl (C=O) groups excluding carboxylic acids is 1. The summed E-state index contributed by atoms with van der Waals surface area (Å²) < 4.78 is 0. The Hall–Kier alpha value is -0.610. The van der Waals surface area contributed by atoms with Crippen LogP contribution in [0.5, 0.6) is 0 Å². The molecule has 4 nitrogen and oxygen atoms in total. The molecule has 1 amide bonds. The average molecular weight is 306 g/mol. The summed E-state index contributed by atoms with van der Waals surface area (Å²) in [4.78, 5) is 11.8. The molecular formula is C18H30N2O2. The molecule has 8 atom stereocenters. The van der Waals surface area contributed by atoms with Gasteiger partial charge in [0.1, 0.15) is 0 Å². The van der Waals surface area contributed by atoms with Crippen LogP contribution in [-0.4, -0.2) is 29.2 Å². The van der Waals surface area contributed by atoms with E-state index >= 15 is 0 Å². The maximum atomic E-state index is 11.8. The van der Waals surface area contributed by atoms with Gasteiger partial charge in [-0.3, -0.25) is 4.79 Å². The van der Waals surface area contributed by atoms with Crippen molar-refractivity contribution >= 4 is 5.91 Å². The van der Waals surface area contributed by atoms with Crippen molar-refractivity contribution < 1.29 is 9.90 Å². The van der Waals surface area contributed by atoms with E-state index in [0.717, 1.165) is 32.1 Å². The van der Waals surface area contributed by atoms with Gasteiger partial charge in [-0.1, -0.05) is 13.8 Å². The molecule has 4 N–H and O–H groups in total. The molecule has 4 rings (SSSR count). The molecule has 22 heavy (non-hydrogen) atoms. The molecule has 1 heterocycles. The highest BCUT2D eigenvalue weighted by Crippen LogP contribution is 2.63. The summed E-state index contributed by atoms with van der Waals surface area (Å²) in [6.07, 6.45) is 6.65. The molecule has 0 aromatic heterocycles. The monoisotopic (exact) mass is 306 g/mol. The molecule has 0 aromatic rings. The molecular weight excluding hydrogens is 276 g/mol. The van der Waals surface area contributed by atoms with Crippen LogP contribution < -0.4 is 11.1 Å². The third-order valence-corrected chi connectivity index (χ3v) is 8.10. The van der Waals surface area contributed by atoms with Crippen molar-refractivity contribution in [1.82, 2.24) is 5.32 Å². The normalized spacial score (nSPS) is 57.5. The fourth-order valence-electron chi connectivity index (χ4n) is 6.87. The van der Waals surface area contributed by atoms with Crippen LogP contribution in [0.1, 0.15) is 58.8 Å². The molecule has 0 radical (unpaired) electrons. The highest BCUT2D eigenvalue weighted by molar-refractivity contribution is 5.77. The van der Waals surface area contributed by atoms with Crippen LogP contribution >= 0.6 is 0 Å². The quantitative estimate of drug-likeness (QED) is 0.639. The Morgan fingerprint density at radius 3 is 2.73 bits per heavy atom. The molecule has 0 aromatic carbocycles. The predicted octanol–water partition coefficient (Wildman–Crippen LogP) is 1.81. The first kappa shape index (κ1) is 14.9. The van der Waals surface area contributed by atoms with E-state index in [1.807, 2.05) is 0 Å². The fraction of sp³-hybridized carbons (Fsp3) is 0.944. The summed E-state index contributed by atoms with van der Waals surface area (Å²) in [5.74, 6) is 1.76. The van der Waals surface area contributed by atoms with Crippen molar-refractivity contribution in [2.75, 3.05) is 0 Å². The third-order valence-electron chi connectivity index (χ3n) is 8.10. The van der Waals surface area contributed by atoms with E-state index < -0.39 is 0 Å².